The van der Waals surface area contributed by atoms with Crippen molar-refractivity contribution < 1.29 is 4.42 Å². The van der Waals surface area contributed by atoms with E-state index >= 15 is 0 Å². The zero-order chi connectivity index (χ0) is 35.1. The number of hydrogen-bond donors (Lipinski definition) is 0. The van der Waals surface area contributed by atoms with E-state index in [0.717, 1.165) is 60.9 Å². The zero-order valence-corrected chi connectivity index (χ0v) is 28.6. The van der Waals surface area contributed by atoms with E-state index in [1.807, 2.05) is 42.5 Å². The van der Waals surface area contributed by atoms with E-state index < -0.39 is 0 Å². The molecule has 0 bridgehead atoms. The molecule has 4 nitrogen and oxygen atoms in total. The lowest BCUT2D eigenvalue weighted by molar-refractivity contribution is 0.669. The van der Waals surface area contributed by atoms with Gasteiger partial charge in [0, 0.05) is 27.5 Å². The SMILES string of the molecule is c1ccc(-c2cccc(-c3nc(-c4ccccc4)nc(-c4ccc5c(c4)oc4ccc(-c6ccc(-c7ccc8ccccc8c7)cc6)cc45)n3)c2)cc1. The molecule has 0 radical (unpaired) electrons. The third kappa shape index (κ3) is 5.82. The van der Waals surface area contributed by atoms with Crippen LogP contribution in [0, 0.1) is 0 Å². The van der Waals surface area contributed by atoms with Crippen LogP contribution in [0.15, 0.2) is 192 Å². The van der Waals surface area contributed by atoms with E-state index in [9.17, 15) is 0 Å². The van der Waals surface area contributed by atoms with Gasteiger partial charge in [-0.3, -0.25) is 0 Å². The minimum atomic E-state index is 0.591. The van der Waals surface area contributed by atoms with Gasteiger partial charge in [-0.25, -0.2) is 15.0 Å². The molecule has 53 heavy (non-hydrogen) atoms. The van der Waals surface area contributed by atoms with Crippen molar-refractivity contribution in [1.82, 2.24) is 15.0 Å². The van der Waals surface area contributed by atoms with Gasteiger partial charge in [0.05, 0.1) is 0 Å². The number of nitrogens with zero attached hydrogens (tertiary/aromatic N) is 3. The minimum Gasteiger partial charge on any atom is -0.456 e. The largest absolute Gasteiger partial charge is 0.456 e. The van der Waals surface area contributed by atoms with Gasteiger partial charge >= 0.3 is 0 Å². The first-order chi connectivity index (χ1) is 26.2. The molecule has 0 spiro atoms. The van der Waals surface area contributed by atoms with Crippen molar-refractivity contribution in [3.63, 3.8) is 0 Å². The summed E-state index contributed by atoms with van der Waals surface area (Å²) in [6.45, 7) is 0. The van der Waals surface area contributed by atoms with Gasteiger partial charge in [-0.05, 0) is 80.6 Å². The van der Waals surface area contributed by atoms with E-state index in [4.69, 9.17) is 19.4 Å². The Morgan fingerprint density at radius 2 is 0.755 bits per heavy atom. The van der Waals surface area contributed by atoms with Gasteiger partial charge in [0.2, 0.25) is 0 Å². The fraction of sp³-hybridized carbons (Fsp3) is 0. The van der Waals surface area contributed by atoms with Crippen LogP contribution in [-0.2, 0) is 0 Å². The monoisotopic (exact) mass is 677 g/mol. The van der Waals surface area contributed by atoms with Crippen LogP contribution in [0.3, 0.4) is 0 Å². The number of hydrogen-bond acceptors (Lipinski definition) is 4. The number of rotatable bonds is 6. The van der Waals surface area contributed by atoms with E-state index in [1.54, 1.807) is 0 Å². The molecule has 2 heterocycles. The normalized spacial score (nSPS) is 11.4. The number of aromatic nitrogens is 3. The highest BCUT2D eigenvalue weighted by Crippen LogP contribution is 2.36. The molecule has 10 aromatic rings. The minimum absolute atomic E-state index is 0.591. The van der Waals surface area contributed by atoms with E-state index in [1.165, 1.54) is 21.9 Å². The first-order valence-electron chi connectivity index (χ1n) is 17.8. The van der Waals surface area contributed by atoms with Crippen LogP contribution < -0.4 is 0 Å². The lowest BCUT2D eigenvalue weighted by Gasteiger charge is -2.09. The highest BCUT2D eigenvalue weighted by Gasteiger charge is 2.16. The molecule has 0 saturated heterocycles. The van der Waals surface area contributed by atoms with Crippen LogP contribution in [0.2, 0.25) is 0 Å². The molecule has 0 saturated carbocycles. The standard InChI is InChI=1S/C49H31N3O/c1-3-10-32(11-4-1)38-16-9-17-41(29-38)48-50-47(36-13-5-2-6-14-36)51-49(52-48)42-24-26-43-44-30-40(25-27-45(44)53-46(43)31-42)35-20-18-34(19-21-35)39-23-22-33-12-7-8-15-37(33)28-39/h1-31H. The quantitative estimate of drug-likeness (QED) is 0.176. The Morgan fingerprint density at radius 3 is 1.49 bits per heavy atom. The summed E-state index contributed by atoms with van der Waals surface area (Å²) in [6.07, 6.45) is 0. The van der Waals surface area contributed by atoms with E-state index in [2.05, 4.69) is 146 Å². The molecule has 0 atom stereocenters. The Bertz CT molecular complexity index is 2930. The van der Waals surface area contributed by atoms with Gasteiger partial charge in [-0.2, -0.15) is 0 Å². The van der Waals surface area contributed by atoms with Gasteiger partial charge in [0.15, 0.2) is 17.5 Å². The average Bonchev–Trinajstić information content (AvgIpc) is 3.61. The Hall–Kier alpha value is -7.17. The molecule has 0 aliphatic rings. The summed E-state index contributed by atoms with van der Waals surface area (Å²) in [5.41, 5.74) is 11.3. The molecular formula is C49H31N3O. The molecule has 8 aromatic carbocycles. The van der Waals surface area contributed by atoms with Crippen molar-refractivity contribution in [2.45, 2.75) is 0 Å². The van der Waals surface area contributed by atoms with Crippen LogP contribution in [0.25, 0.3) is 100 Å². The molecule has 10 rings (SSSR count). The van der Waals surface area contributed by atoms with Crippen molar-refractivity contribution in [2.24, 2.45) is 0 Å². The smallest absolute Gasteiger partial charge is 0.164 e. The Labute approximate surface area is 306 Å². The summed E-state index contributed by atoms with van der Waals surface area (Å²) in [7, 11) is 0. The maximum atomic E-state index is 6.44. The van der Waals surface area contributed by atoms with Crippen molar-refractivity contribution in [3.05, 3.63) is 188 Å². The van der Waals surface area contributed by atoms with Crippen LogP contribution in [-0.4, -0.2) is 15.0 Å². The second-order valence-electron chi connectivity index (χ2n) is 13.3. The fourth-order valence-electron chi connectivity index (χ4n) is 7.14. The van der Waals surface area contributed by atoms with Crippen LogP contribution >= 0.6 is 0 Å². The molecule has 0 aliphatic heterocycles. The molecule has 0 fully saturated rings. The predicted octanol–water partition coefficient (Wildman–Crippen LogP) is 12.9. The summed E-state index contributed by atoms with van der Waals surface area (Å²) >= 11 is 0. The summed E-state index contributed by atoms with van der Waals surface area (Å²) in [4.78, 5) is 15.0. The summed E-state index contributed by atoms with van der Waals surface area (Å²) < 4.78 is 6.44. The summed E-state index contributed by atoms with van der Waals surface area (Å²) in [6, 6.07) is 65.3. The van der Waals surface area contributed by atoms with Gasteiger partial charge < -0.3 is 4.42 Å². The van der Waals surface area contributed by atoms with E-state index in [0.29, 0.717) is 17.5 Å². The number of furan rings is 1. The Kier molecular flexibility index (Phi) is 7.43. The average molecular weight is 678 g/mol. The first-order valence-corrected chi connectivity index (χ1v) is 17.8. The van der Waals surface area contributed by atoms with Gasteiger partial charge in [-0.15, -0.1) is 0 Å². The van der Waals surface area contributed by atoms with Crippen molar-refractivity contribution in [1.29, 1.82) is 0 Å². The molecule has 0 N–H and O–H groups in total. The Balaban J connectivity index is 1.01. The molecule has 4 heteroatoms. The van der Waals surface area contributed by atoms with Crippen LogP contribution in [0.4, 0.5) is 0 Å². The lowest BCUT2D eigenvalue weighted by Crippen LogP contribution is -2.00. The highest BCUT2D eigenvalue weighted by atomic mass is 16.3. The van der Waals surface area contributed by atoms with Gasteiger partial charge in [0.1, 0.15) is 11.2 Å². The molecule has 0 amide bonds. The molecular weight excluding hydrogens is 647 g/mol. The predicted molar refractivity (Wildman–Crippen MR) is 217 cm³/mol. The van der Waals surface area contributed by atoms with Gasteiger partial charge in [-0.1, -0.05) is 152 Å². The zero-order valence-electron chi connectivity index (χ0n) is 28.6. The fourth-order valence-corrected chi connectivity index (χ4v) is 7.14. The molecule has 248 valence electrons. The molecule has 0 aliphatic carbocycles. The van der Waals surface area contributed by atoms with Crippen molar-refractivity contribution in [2.75, 3.05) is 0 Å². The third-order valence-corrected chi connectivity index (χ3v) is 9.93. The van der Waals surface area contributed by atoms with Crippen LogP contribution in [0.1, 0.15) is 0 Å². The van der Waals surface area contributed by atoms with Crippen molar-refractivity contribution in [3.8, 4) is 67.5 Å². The van der Waals surface area contributed by atoms with Crippen molar-refractivity contribution >= 4 is 32.7 Å². The second kappa shape index (κ2) is 12.9. The Morgan fingerprint density at radius 1 is 0.264 bits per heavy atom. The number of fused-ring (bicyclic) bond motifs is 4. The van der Waals surface area contributed by atoms with E-state index in [-0.39, 0.29) is 0 Å². The topological polar surface area (TPSA) is 51.8 Å². The third-order valence-electron chi connectivity index (χ3n) is 9.93. The molecule has 2 aromatic heterocycles. The van der Waals surface area contributed by atoms with Crippen LogP contribution in [0.5, 0.6) is 0 Å². The summed E-state index contributed by atoms with van der Waals surface area (Å²) in [5.74, 6) is 1.83. The van der Waals surface area contributed by atoms with Gasteiger partial charge in [0.25, 0.3) is 0 Å². The number of benzene rings is 8. The summed E-state index contributed by atoms with van der Waals surface area (Å²) in [5, 5.41) is 4.62. The molecule has 0 unspecified atom stereocenters. The lowest BCUT2D eigenvalue weighted by atomic mass is 9.97. The second-order valence-corrected chi connectivity index (χ2v) is 13.3. The first kappa shape index (κ1) is 30.6. The highest BCUT2D eigenvalue weighted by molar-refractivity contribution is 6.07. The maximum absolute atomic E-state index is 6.44. The maximum Gasteiger partial charge on any atom is 0.164 e.